The van der Waals surface area contributed by atoms with Crippen molar-refractivity contribution < 1.29 is 0 Å². The van der Waals surface area contributed by atoms with Crippen LogP contribution in [0.1, 0.15) is 16.7 Å². The molecule has 22 heavy (non-hydrogen) atoms. The maximum Gasteiger partial charge on any atom is 0.0541 e. The molecule has 0 spiro atoms. The molecule has 1 aromatic heterocycles. The van der Waals surface area contributed by atoms with E-state index in [0.717, 1.165) is 0 Å². The maximum atomic E-state index is 2.37. The third-order valence-corrected chi connectivity index (χ3v) is 4.58. The standard InChI is InChI=1S/C21H19N/c1-14-8-11-21-19(12-14)18-6-4-5-7-20(18)22(21)17-10-9-15(2)16(3)13-17/h4-13H,1-3H3. The van der Waals surface area contributed by atoms with Gasteiger partial charge in [0.05, 0.1) is 11.0 Å². The van der Waals surface area contributed by atoms with E-state index in [-0.39, 0.29) is 0 Å². The second kappa shape index (κ2) is 4.74. The van der Waals surface area contributed by atoms with E-state index in [1.165, 1.54) is 44.2 Å². The molecule has 4 aromatic rings. The van der Waals surface area contributed by atoms with Crippen molar-refractivity contribution in [1.29, 1.82) is 0 Å². The predicted molar refractivity (Wildman–Crippen MR) is 95.0 cm³/mol. The van der Waals surface area contributed by atoms with Crippen LogP contribution in [0.2, 0.25) is 0 Å². The van der Waals surface area contributed by atoms with E-state index in [2.05, 4.69) is 86.0 Å². The van der Waals surface area contributed by atoms with Crippen LogP contribution in [-0.2, 0) is 0 Å². The lowest BCUT2D eigenvalue weighted by atomic mass is 10.1. The summed E-state index contributed by atoms with van der Waals surface area (Å²) in [5.41, 5.74) is 7.74. The zero-order valence-corrected chi connectivity index (χ0v) is 13.2. The molecule has 1 heterocycles. The van der Waals surface area contributed by atoms with Gasteiger partial charge in [-0.1, -0.05) is 35.9 Å². The second-order valence-electron chi connectivity index (χ2n) is 6.14. The first-order chi connectivity index (χ1) is 10.6. The Labute approximate surface area is 130 Å². The van der Waals surface area contributed by atoms with Crippen LogP contribution in [0.25, 0.3) is 27.5 Å². The lowest BCUT2D eigenvalue weighted by Gasteiger charge is -2.10. The minimum absolute atomic E-state index is 1.23. The minimum Gasteiger partial charge on any atom is -0.309 e. The van der Waals surface area contributed by atoms with Crippen LogP contribution in [0.3, 0.4) is 0 Å². The van der Waals surface area contributed by atoms with Crippen LogP contribution in [0.4, 0.5) is 0 Å². The molecule has 1 nitrogen and oxygen atoms in total. The second-order valence-corrected chi connectivity index (χ2v) is 6.14. The highest BCUT2D eigenvalue weighted by Crippen LogP contribution is 2.32. The van der Waals surface area contributed by atoms with Gasteiger partial charge in [0.2, 0.25) is 0 Å². The molecule has 0 radical (unpaired) electrons. The average Bonchev–Trinajstić information content (AvgIpc) is 2.84. The summed E-state index contributed by atoms with van der Waals surface area (Å²) < 4.78 is 2.37. The molecule has 3 aromatic carbocycles. The van der Waals surface area contributed by atoms with Crippen LogP contribution < -0.4 is 0 Å². The highest BCUT2D eigenvalue weighted by Gasteiger charge is 2.12. The van der Waals surface area contributed by atoms with Crippen molar-refractivity contribution in [3.8, 4) is 5.69 Å². The fourth-order valence-electron chi connectivity index (χ4n) is 3.23. The van der Waals surface area contributed by atoms with Crippen molar-refractivity contribution in [3.63, 3.8) is 0 Å². The molecule has 0 saturated carbocycles. The van der Waals surface area contributed by atoms with Gasteiger partial charge in [-0.05, 0) is 62.2 Å². The van der Waals surface area contributed by atoms with Gasteiger partial charge in [-0.3, -0.25) is 0 Å². The van der Waals surface area contributed by atoms with E-state index in [9.17, 15) is 0 Å². The number of hydrogen-bond acceptors (Lipinski definition) is 0. The van der Waals surface area contributed by atoms with Gasteiger partial charge < -0.3 is 4.57 Å². The van der Waals surface area contributed by atoms with Crippen molar-refractivity contribution in [2.24, 2.45) is 0 Å². The van der Waals surface area contributed by atoms with Crippen molar-refractivity contribution in [2.75, 3.05) is 0 Å². The van der Waals surface area contributed by atoms with E-state index >= 15 is 0 Å². The highest BCUT2D eigenvalue weighted by molar-refractivity contribution is 6.09. The molecule has 4 rings (SSSR count). The summed E-state index contributed by atoms with van der Waals surface area (Å²) in [5, 5.41) is 2.65. The van der Waals surface area contributed by atoms with Crippen molar-refractivity contribution in [3.05, 3.63) is 77.4 Å². The first kappa shape index (κ1) is 13.1. The van der Waals surface area contributed by atoms with Crippen LogP contribution >= 0.6 is 0 Å². The largest absolute Gasteiger partial charge is 0.309 e. The Hall–Kier alpha value is -2.54. The van der Waals surface area contributed by atoms with Gasteiger partial charge in [-0.15, -0.1) is 0 Å². The topological polar surface area (TPSA) is 4.93 Å². The molecule has 0 bridgehead atoms. The molecule has 0 atom stereocenters. The summed E-state index contributed by atoms with van der Waals surface area (Å²) in [4.78, 5) is 0. The maximum absolute atomic E-state index is 2.37. The summed E-state index contributed by atoms with van der Waals surface area (Å²) >= 11 is 0. The van der Waals surface area contributed by atoms with Crippen LogP contribution in [0, 0.1) is 20.8 Å². The Balaban J connectivity index is 2.17. The molecule has 0 saturated heterocycles. The van der Waals surface area contributed by atoms with E-state index in [4.69, 9.17) is 0 Å². The molecule has 0 aliphatic rings. The van der Waals surface area contributed by atoms with Crippen LogP contribution in [0.5, 0.6) is 0 Å². The zero-order valence-electron chi connectivity index (χ0n) is 13.2. The Kier molecular flexibility index (Phi) is 2.83. The molecule has 0 fully saturated rings. The normalized spacial score (nSPS) is 11.4. The molecular weight excluding hydrogens is 266 g/mol. The molecule has 1 heteroatoms. The van der Waals surface area contributed by atoms with Crippen LogP contribution in [0.15, 0.2) is 60.7 Å². The molecule has 0 aliphatic carbocycles. The van der Waals surface area contributed by atoms with Gasteiger partial charge in [-0.2, -0.15) is 0 Å². The first-order valence-electron chi connectivity index (χ1n) is 7.72. The number of para-hydroxylation sites is 1. The zero-order chi connectivity index (χ0) is 15.3. The molecule has 0 N–H and O–H groups in total. The van der Waals surface area contributed by atoms with Gasteiger partial charge in [0.25, 0.3) is 0 Å². The number of hydrogen-bond donors (Lipinski definition) is 0. The van der Waals surface area contributed by atoms with Crippen LogP contribution in [-0.4, -0.2) is 4.57 Å². The average molecular weight is 285 g/mol. The van der Waals surface area contributed by atoms with E-state index in [1.807, 2.05) is 0 Å². The molecule has 0 unspecified atom stereocenters. The number of aryl methyl sites for hydroxylation is 3. The molecule has 0 aliphatic heterocycles. The van der Waals surface area contributed by atoms with Gasteiger partial charge in [0, 0.05) is 16.5 Å². The number of nitrogens with zero attached hydrogens (tertiary/aromatic N) is 1. The van der Waals surface area contributed by atoms with E-state index < -0.39 is 0 Å². The fraction of sp³-hybridized carbons (Fsp3) is 0.143. The third-order valence-electron chi connectivity index (χ3n) is 4.58. The van der Waals surface area contributed by atoms with Crippen molar-refractivity contribution in [2.45, 2.75) is 20.8 Å². The Morgan fingerprint density at radius 2 is 1.41 bits per heavy atom. The van der Waals surface area contributed by atoms with E-state index in [1.54, 1.807) is 0 Å². The lowest BCUT2D eigenvalue weighted by Crippen LogP contribution is -1.95. The van der Waals surface area contributed by atoms with E-state index in [0.29, 0.717) is 0 Å². The Bertz CT molecular complexity index is 1010. The fourth-order valence-corrected chi connectivity index (χ4v) is 3.23. The molecule has 108 valence electrons. The Morgan fingerprint density at radius 3 is 2.23 bits per heavy atom. The highest BCUT2D eigenvalue weighted by atomic mass is 15.0. The first-order valence-corrected chi connectivity index (χ1v) is 7.72. The van der Waals surface area contributed by atoms with Crippen molar-refractivity contribution >= 4 is 21.8 Å². The number of benzene rings is 3. The minimum atomic E-state index is 1.23. The summed E-state index contributed by atoms with van der Waals surface area (Å²) in [7, 11) is 0. The van der Waals surface area contributed by atoms with Gasteiger partial charge in [0.1, 0.15) is 0 Å². The number of rotatable bonds is 1. The van der Waals surface area contributed by atoms with Gasteiger partial charge >= 0.3 is 0 Å². The third kappa shape index (κ3) is 1.86. The molecule has 0 amide bonds. The summed E-state index contributed by atoms with van der Waals surface area (Å²) in [6.07, 6.45) is 0. The van der Waals surface area contributed by atoms with Gasteiger partial charge in [0.15, 0.2) is 0 Å². The quantitative estimate of drug-likeness (QED) is 0.422. The summed E-state index contributed by atoms with van der Waals surface area (Å²) in [6.45, 7) is 6.49. The summed E-state index contributed by atoms with van der Waals surface area (Å²) in [6, 6.07) is 22.1. The summed E-state index contributed by atoms with van der Waals surface area (Å²) in [5.74, 6) is 0. The SMILES string of the molecule is Cc1ccc2c(c1)c1ccccc1n2-c1ccc(C)c(C)c1. The smallest absolute Gasteiger partial charge is 0.0541 e. The number of aromatic nitrogens is 1. The predicted octanol–water partition coefficient (Wildman–Crippen LogP) is 5.71. The molecular formula is C21H19N. The van der Waals surface area contributed by atoms with Crippen molar-refractivity contribution in [1.82, 2.24) is 4.57 Å². The lowest BCUT2D eigenvalue weighted by molar-refractivity contribution is 1.16. The van der Waals surface area contributed by atoms with Gasteiger partial charge in [-0.25, -0.2) is 0 Å². The monoisotopic (exact) mass is 285 g/mol. The Morgan fingerprint density at radius 1 is 0.636 bits per heavy atom. The number of fused-ring (bicyclic) bond motifs is 3.